The van der Waals surface area contributed by atoms with Gasteiger partial charge in [-0.15, -0.1) is 0 Å². The third-order valence-electron chi connectivity index (χ3n) is 3.33. The molecule has 3 rings (SSSR count). The van der Waals surface area contributed by atoms with E-state index in [0.717, 1.165) is 0 Å². The van der Waals surface area contributed by atoms with E-state index in [-0.39, 0.29) is 23.9 Å². The van der Waals surface area contributed by atoms with Crippen LogP contribution in [0.1, 0.15) is 11.7 Å². The van der Waals surface area contributed by atoms with E-state index >= 15 is 0 Å². The number of fused-ring (bicyclic) bond motifs is 1. The van der Waals surface area contributed by atoms with Gasteiger partial charge in [-0.3, -0.25) is 9.78 Å². The zero-order valence-corrected chi connectivity index (χ0v) is 11.6. The van der Waals surface area contributed by atoms with Crippen LogP contribution in [0.25, 0.3) is 10.9 Å². The van der Waals surface area contributed by atoms with E-state index < -0.39 is 6.10 Å². The number of hydrogen-bond acceptors (Lipinski definition) is 4. The highest BCUT2D eigenvalue weighted by Gasteiger charge is 2.09. The van der Waals surface area contributed by atoms with Crippen molar-refractivity contribution in [3.05, 3.63) is 70.3 Å². The predicted molar refractivity (Wildman–Crippen MR) is 82.2 cm³/mol. The smallest absolute Gasteiger partial charge is 0.260 e. The summed E-state index contributed by atoms with van der Waals surface area (Å²) in [6.45, 7) is 0.146. The van der Waals surface area contributed by atoms with Crippen molar-refractivity contribution >= 4 is 16.9 Å². The molecule has 2 aromatic carbocycles. The van der Waals surface area contributed by atoms with Crippen LogP contribution in [0.15, 0.2) is 53.3 Å². The van der Waals surface area contributed by atoms with Crippen LogP contribution in [0.4, 0.5) is 10.3 Å². The van der Waals surface area contributed by atoms with Gasteiger partial charge in [0.2, 0.25) is 5.95 Å². The van der Waals surface area contributed by atoms with Crippen LogP contribution >= 0.6 is 0 Å². The molecule has 0 radical (unpaired) electrons. The molecule has 22 heavy (non-hydrogen) atoms. The van der Waals surface area contributed by atoms with Crippen LogP contribution in [-0.2, 0) is 0 Å². The number of para-hydroxylation sites is 1. The Hall–Kier alpha value is -2.73. The summed E-state index contributed by atoms with van der Waals surface area (Å²) >= 11 is 0. The molecule has 0 aliphatic heterocycles. The molecule has 0 bridgehead atoms. The van der Waals surface area contributed by atoms with Crippen molar-refractivity contribution < 1.29 is 9.50 Å². The van der Waals surface area contributed by atoms with Crippen LogP contribution in [0.2, 0.25) is 0 Å². The lowest BCUT2D eigenvalue weighted by Crippen LogP contribution is -2.17. The van der Waals surface area contributed by atoms with Gasteiger partial charge in [-0.05, 0) is 29.8 Å². The van der Waals surface area contributed by atoms with Gasteiger partial charge in [0.1, 0.15) is 5.82 Å². The Morgan fingerprint density at radius 3 is 2.68 bits per heavy atom. The molecular weight excluding hydrogens is 285 g/mol. The first-order valence-corrected chi connectivity index (χ1v) is 6.80. The van der Waals surface area contributed by atoms with Gasteiger partial charge < -0.3 is 10.4 Å². The van der Waals surface area contributed by atoms with Gasteiger partial charge in [-0.2, -0.15) is 0 Å². The van der Waals surface area contributed by atoms with E-state index in [1.165, 1.54) is 24.3 Å². The molecule has 1 heterocycles. The van der Waals surface area contributed by atoms with Crippen LogP contribution in [-0.4, -0.2) is 21.6 Å². The van der Waals surface area contributed by atoms with E-state index in [0.29, 0.717) is 16.5 Å². The second-order valence-corrected chi connectivity index (χ2v) is 4.88. The largest absolute Gasteiger partial charge is 0.387 e. The zero-order valence-electron chi connectivity index (χ0n) is 11.6. The molecule has 3 N–H and O–H groups in total. The molecule has 0 aliphatic carbocycles. The Kier molecular flexibility index (Phi) is 3.84. The topological polar surface area (TPSA) is 78.0 Å². The summed E-state index contributed by atoms with van der Waals surface area (Å²) < 4.78 is 12.8. The molecule has 1 unspecified atom stereocenters. The van der Waals surface area contributed by atoms with Crippen molar-refractivity contribution in [1.29, 1.82) is 0 Å². The number of rotatable bonds is 4. The number of nitrogens with zero attached hydrogens (tertiary/aromatic N) is 1. The molecule has 1 atom stereocenters. The zero-order chi connectivity index (χ0) is 15.5. The van der Waals surface area contributed by atoms with Crippen molar-refractivity contribution in [3.8, 4) is 0 Å². The van der Waals surface area contributed by atoms with Crippen LogP contribution < -0.4 is 10.9 Å². The van der Waals surface area contributed by atoms with E-state index in [9.17, 15) is 14.3 Å². The standard InChI is InChI=1S/C16H14FN3O2/c17-11-7-5-10(6-8-11)14(21)9-18-16-19-13-4-2-1-3-12(13)15(22)20-16/h1-8,14,21H,9H2,(H2,18,19,20,22). The van der Waals surface area contributed by atoms with Gasteiger partial charge in [0, 0.05) is 6.54 Å². The monoisotopic (exact) mass is 299 g/mol. The van der Waals surface area contributed by atoms with Gasteiger partial charge in [0.05, 0.1) is 17.0 Å². The number of nitrogens with one attached hydrogen (secondary N) is 2. The number of halogens is 1. The fraction of sp³-hybridized carbons (Fsp3) is 0.125. The average Bonchev–Trinajstić information content (AvgIpc) is 2.53. The van der Waals surface area contributed by atoms with E-state index in [4.69, 9.17) is 0 Å². The van der Waals surface area contributed by atoms with Crippen molar-refractivity contribution in [3.63, 3.8) is 0 Å². The van der Waals surface area contributed by atoms with Gasteiger partial charge >= 0.3 is 0 Å². The predicted octanol–water partition coefficient (Wildman–Crippen LogP) is 2.21. The molecule has 6 heteroatoms. The summed E-state index contributed by atoms with van der Waals surface area (Å²) in [7, 11) is 0. The van der Waals surface area contributed by atoms with E-state index in [1.807, 2.05) is 0 Å². The fourth-order valence-electron chi connectivity index (χ4n) is 2.17. The molecule has 0 saturated heterocycles. The van der Waals surface area contributed by atoms with Crippen LogP contribution in [0.5, 0.6) is 0 Å². The van der Waals surface area contributed by atoms with E-state index in [2.05, 4.69) is 15.3 Å². The van der Waals surface area contributed by atoms with Crippen LogP contribution in [0, 0.1) is 5.82 Å². The summed E-state index contributed by atoms with van der Waals surface area (Å²) in [4.78, 5) is 18.8. The van der Waals surface area contributed by atoms with E-state index in [1.54, 1.807) is 24.3 Å². The minimum absolute atomic E-state index is 0.146. The van der Waals surface area contributed by atoms with Gasteiger partial charge in [0.25, 0.3) is 5.56 Å². The highest BCUT2D eigenvalue weighted by molar-refractivity contribution is 5.78. The van der Waals surface area contributed by atoms with Gasteiger partial charge in [0.15, 0.2) is 0 Å². The minimum Gasteiger partial charge on any atom is -0.387 e. The average molecular weight is 299 g/mol. The van der Waals surface area contributed by atoms with Crippen molar-refractivity contribution in [2.45, 2.75) is 6.10 Å². The summed E-state index contributed by atoms with van der Waals surface area (Å²) in [5.74, 6) is -0.0747. The Bertz CT molecular complexity index is 846. The summed E-state index contributed by atoms with van der Waals surface area (Å²) in [6, 6.07) is 12.6. The summed E-state index contributed by atoms with van der Waals surface area (Å²) in [5.41, 5.74) is 0.909. The third kappa shape index (κ3) is 2.96. The normalized spacial score (nSPS) is 12.3. The maximum absolute atomic E-state index is 12.8. The maximum atomic E-state index is 12.8. The van der Waals surface area contributed by atoms with Gasteiger partial charge in [-0.25, -0.2) is 9.37 Å². The number of hydrogen-bond donors (Lipinski definition) is 3. The highest BCUT2D eigenvalue weighted by Crippen LogP contribution is 2.14. The molecule has 0 saturated carbocycles. The maximum Gasteiger partial charge on any atom is 0.260 e. The fourth-order valence-corrected chi connectivity index (χ4v) is 2.17. The molecule has 112 valence electrons. The highest BCUT2D eigenvalue weighted by atomic mass is 19.1. The molecule has 0 fully saturated rings. The summed E-state index contributed by atoms with van der Waals surface area (Å²) in [5, 5.41) is 13.4. The lowest BCUT2D eigenvalue weighted by atomic mass is 10.1. The molecule has 5 nitrogen and oxygen atoms in total. The third-order valence-corrected chi connectivity index (χ3v) is 3.33. The van der Waals surface area contributed by atoms with Crippen molar-refractivity contribution in [2.75, 3.05) is 11.9 Å². The molecular formula is C16H14FN3O2. The lowest BCUT2D eigenvalue weighted by Gasteiger charge is -2.12. The Balaban J connectivity index is 1.76. The molecule has 1 aromatic heterocycles. The first-order chi connectivity index (χ1) is 10.6. The number of aromatic amines is 1. The number of aliphatic hydroxyl groups excluding tert-OH is 1. The van der Waals surface area contributed by atoms with Crippen molar-refractivity contribution in [2.24, 2.45) is 0 Å². The van der Waals surface area contributed by atoms with Gasteiger partial charge in [-0.1, -0.05) is 24.3 Å². The molecule has 0 aliphatic rings. The Morgan fingerprint density at radius 1 is 1.18 bits per heavy atom. The Morgan fingerprint density at radius 2 is 1.91 bits per heavy atom. The first-order valence-electron chi connectivity index (χ1n) is 6.80. The molecule has 0 spiro atoms. The second kappa shape index (κ2) is 5.95. The number of aromatic nitrogens is 2. The summed E-state index contributed by atoms with van der Waals surface area (Å²) in [6.07, 6.45) is -0.836. The lowest BCUT2D eigenvalue weighted by molar-refractivity contribution is 0.191. The number of H-pyrrole nitrogens is 1. The van der Waals surface area contributed by atoms with Crippen LogP contribution in [0.3, 0.4) is 0 Å². The second-order valence-electron chi connectivity index (χ2n) is 4.88. The minimum atomic E-state index is -0.836. The number of anilines is 1. The quantitative estimate of drug-likeness (QED) is 0.690. The SMILES string of the molecule is O=c1[nH]c(NCC(O)c2ccc(F)cc2)nc2ccccc12. The number of aliphatic hydroxyl groups is 1. The number of benzene rings is 2. The molecule has 3 aromatic rings. The van der Waals surface area contributed by atoms with Crippen molar-refractivity contribution in [1.82, 2.24) is 9.97 Å². The Labute approximate surface area is 125 Å². The first kappa shape index (κ1) is 14.2. The molecule has 0 amide bonds.